The Morgan fingerprint density at radius 2 is 2.27 bits per heavy atom. The van der Waals surface area contributed by atoms with Crippen LogP contribution in [0.1, 0.15) is 20.3 Å². The van der Waals surface area contributed by atoms with Crippen LogP contribution in [0, 0.1) is 5.41 Å². The summed E-state index contributed by atoms with van der Waals surface area (Å²) in [6.07, 6.45) is 3.19. The van der Waals surface area contributed by atoms with Gasteiger partial charge in [-0.15, -0.1) is 0 Å². The minimum absolute atomic E-state index is 0.115. The van der Waals surface area contributed by atoms with Crippen LogP contribution in [0.4, 0.5) is 0 Å². The molecule has 1 unspecified atom stereocenters. The van der Waals surface area contributed by atoms with Gasteiger partial charge >= 0.3 is 0 Å². The lowest BCUT2D eigenvalue weighted by Gasteiger charge is -2.43. The number of rotatable bonds is 3. The topological polar surface area (TPSA) is 29.1 Å². The van der Waals surface area contributed by atoms with Crippen molar-refractivity contribution in [3.05, 3.63) is 0 Å². The summed E-state index contributed by atoms with van der Waals surface area (Å²) in [4.78, 5) is 11.0. The lowest BCUT2D eigenvalue weighted by atomic mass is 9.75. The minimum Gasteiger partial charge on any atom is -0.352 e. The number of nitrogens with one attached hydrogen (secondary N) is 1. The van der Waals surface area contributed by atoms with Crippen LogP contribution in [0.15, 0.2) is 0 Å². The van der Waals surface area contributed by atoms with Crippen LogP contribution in [0.5, 0.6) is 0 Å². The van der Waals surface area contributed by atoms with Crippen LogP contribution >= 0.6 is 11.8 Å². The Morgan fingerprint density at radius 1 is 1.64 bits per heavy atom. The monoisotopic (exact) mass is 173 g/mol. The smallest absolute Gasteiger partial charge is 0.227 e. The molecule has 0 bridgehead atoms. The molecule has 2 nitrogen and oxygen atoms in total. The third kappa shape index (κ3) is 1.53. The Labute approximate surface area is 72.1 Å². The minimum atomic E-state index is -0.115. The highest BCUT2D eigenvalue weighted by Crippen LogP contribution is 2.31. The zero-order chi connectivity index (χ0) is 8.48. The number of amides is 1. The van der Waals surface area contributed by atoms with Crippen molar-refractivity contribution in [3.63, 3.8) is 0 Å². The molecule has 0 aromatic rings. The number of carbonyl (C=O) groups is 1. The van der Waals surface area contributed by atoms with Crippen LogP contribution in [0.3, 0.4) is 0 Å². The molecule has 11 heavy (non-hydrogen) atoms. The fourth-order valence-electron chi connectivity index (χ4n) is 1.27. The summed E-state index contributed by atoms with van der Waals surface area (Å²) in [6, 6.07) is 0.405. The maximum atomic E-state index is 11.0. The Balaban J connectivity index is 2.34. The fraction of sp³-hybridized carbons (Fsp3) is 0.875. The fourth-order valence-corrected chi connectivity index (χ4v) is 1.75. The van der Waals surface area contributed by atoms with Crippen LogP contribution in [-0.4, -0.2) is 24.0 Å². The number of β-lactam (4-membered cyclic amide) rings is 1. The van der Waals surface area contributed by atoms with Gasteiger partial charge in [-0.1, -0.05) is 0 Å². The van der Waals surface area contributed by atoms with E-state index in [9.17, 15) is 4.79 Å². The highest BCUT2D eigenvalue weighted by atomic mass is 32.2. The van der Waals surface area contributed by atoms with Crippen molar-refractivity contribution < 1.29 is 4.79 Å². The molecular weight excluding hydrogens is 158 g/mol. The summed E-state index contributed by atoms with van der Waals surface area (Å²) < 4.78 is 0. The molecule has 1 rings (SSSR count). The molecule has 0 aliphatic carbocycles. The van der Waals surface area contributed by atoms with Gasteiger partial charge in [-0.05, 0) is 32.3 Å². The molecule has 1 aliphatic heterocycles. The number of hydrogen-bond donors (Lipinski definition) is 1. The second kappa shape index (κ2) is 3.05. The number of carbonyl (C=O) groups excluding carboxylic acids is 1. The molecule has 64 valence electrons. The maximum Gasteiger partial charge on any atom is 0.227 e. The summed E-state index contributed by atoms with van der Waals surface area (Å²) in [6.45, 7) is 4.02. The quantitative estimate of drug-likeness (QED) is 0.651. The molecule has 1 N–H and O–H groups in total. The van der Waals surface area contributed by atoms with Crippen LogP contribution in [0.2, 0.25) is 0 Å². The van der Waals surface area contributed by atoms with Crippen LogP contribution in [0.25, 0.3) is 0 Å². The van der Waals surface area contributed by atoms with Gasteiger partial charge in [-0.3, -0.25) is 4.79 Å². The van der Waals surface area contributed by atoms with Crippen LogP contribution in [-0.2, 0) is 4.79 Å². The van der Waals surface area contributed by atoms with E-state index in [4.69, 9.17) is 0 Å². The van der Waals surface area contributed by atoms with Crippen molar-refractivity contribution in [2.75, 3.05) is 12.0 Å². The lowest BCUT2D eigenvalue weighted by molar-refractivity contribution is -0.142. The Hall–Kier alpha value is -0.180. The standard InChI is InChI=1S/C8H15NOS/c1-8(2)6(4-5-11-3)9-7(8)10/h6H,4-5H2,1-3H3,(H,9,10). The Morgan fingerprint density at radius 3 is 2.64 bits per heavy atom. The molecule has 0 aromatic carbocycles. The van der Waals surface area contributed by atoms with Crippen molar-refractivity contribution in [3.8, 4) is 0 Å². The van der Waals surface area contributed by atoms with Gasteiger partial charge in [0.25, 0.3) is 0 Å². The third-order valence-corrected chi connectivity index (χ3v) is 3.02. The van der Waals surface area contributed by atoms with E-state index in [2.05, 4.69) is 11.6 Å². The predicted molar refractivity (Wildman–Crippen MR) is 48.7 cm³/mol. The summed E-state index contributed by atoms with van der Waals surface area (Å²) in [7, 11) is 0. The van der Waals surface area contributed by atoms with Crippen molar-refractivity contribution in [2.45, 2.75) is 26.3 Å². The molecule has 3 heteroatoms. The average Bonchev–Trinajstić information content (AvgIpc) is 1.97. The average molecular weight is 173 g/mol. The molecule has 0 aromatic heterocycles. The molecular formula is C8H15NOS. The SMILES string of the molecule is CSCCC1NC(=O)C1(C)C. The molecule has 0 radical (unpaired) electrons. The largest absolute Gasteiger partial charge is 0.352 e. The van der Waals surface area contributed by atoms with E-state index in [1.807, 2.05) is 25.6 Å². The van der Waals surface area contributed by atoms with E-state index in [-0.39, 0.29) is 11.3 Å². The Bertz CT molecular complexity index is 167. The summed E-state index contributed by atoms with van der Waals surface area (Å²) in [5.41, 5.74) is -0.115. The number of hydrogen-bond acceptors (Lipinski definition) is 2. The third-order valence-electron chi connectivity index (χ3n) is 2.37. The van der Waals surface area contributed by atoms with E-state index >= 15 is 0 Å². The van der Waals surface area contributed by atoms with Crippen molar-refractivity contribution in [1.29, 1.82) is 0 Å². The van der Waals surface area contributed by atoms with Gasteiger partial charge in [0.1, 0.15) is 0 Å². The molecule has 0 saturated carbocycles. The molecule has 1 saturated heterocycles. The number of thioether (sulfide) groups is 1. The molecule has 1 amide bonds. The first-order chi connectivity index (χ1) is 5.09. The summed E-state index contributed by atoms with van der Waals surface area (Å²) in [5.74, 6) is 1.33. The van der Waals surface area contributed by atoms with Gasteiger partial charge < -0.3 is 5.32 Å². The molecule has 1 heterocycles. The van der Waals surface area contributed by atoms with Gasteiger partial charge in [0.05, 0.1) is 5.41 Å². The first-order valence-corrected chi connectivity index (χ1v) is 5.28. The van der Waals surface area contributed by atoms with Gasteiger partial charge in [-0.25, -0.2) is 0 Å². The zero-order valence-corrected chi connectivity index (χ0v) is 8.12. The lowest BCUT2D eigenvalue weighted by Crippen LogP contribution is -2.64. The van der Waals surface area contributed by atoms with Gasteiger partial charge in [0, 0.05) is 6.04 Å². The van der Waals surface area contributed by atoms with Crippen molar-refractivity contribution >= 4 is 17.7 Å². The van der Waals surface area contributed by atoms with E-state index in [1.54, 1.807) is 0 Å². The zero-order valence-electron chi connectivity index (χ0n) is 7.31. The van der Waals surface area contributed by atoms with Crippen LogP contribution < -0.4 is 5.32 Å². The molecule has 1 aliphatic rings. The summed E-state index contributed by atoms with van der Waals surface area (Å²) in [5, 5.41) is 2.92. The first kappa shape index (κ1) is 8.91. The second-order valence-corrected chi connectivity index (χ2v) is 4.51. The van der Waals surface area contributed by atoms with Crippen molar-refractivity contribution in [1.82, 2.24) is 5.32 Å². The summed E-state index contributed by atoms with van der Waals surface area (Å²) >= 11 is 1.83. The molecule has 1 atom stereocenters. The molecule has 1 fully saturated rings. The highest BCUT2D eigenvalue weighted by molar-refractivity contribution is 7.98. The highest BCUT2D eigenvalue weighted by Gasteiger charge is 2.46. The van der Waals surface area contributed by atoms with Crippen molar-refractivity contribution in [2.24, 2.45) is 5.41 Å². The van der Waals surface area contributed by atoms with E-state index < -0.39 is 0 Å². The predicted octanol–water partition coefficient (Wildman–Crippen LogP) is 1.26. The normalized spacial score (nSPS) is 27.5. The first-order valence-electron chi connectivity index (χ1n) is 3.89. The van der Waals surface area contributed by atoms with Gasteiger partial charge in [0.2, 0.25) is 5.91 Å². The molecule has 0 spiro atoms. The second-order valence-electron chi connectivity index (χ2n) is 3.53. The van der Waals surface area contributed by atoms with E-state index in [1.165, 1.54) is 0 Å². The maximum absolute atomic E-state index is 11.0. The van der Waals surface area contributed by atoms with E-state index in [0.717, 1.165) is 12.2 Å². The van der Waals surface area contributed by atoms with E-state index in [0.29, 0.717) is 6.04 Å². The van der Waals surface area contributed by atoms with Gasteiger partial charge in [-0.2, -0.15) is 11.8 Å². The Kier molecular flexibility index (Phi) is 2.47. The van der Waals surface area contributed by atoms with Gasteiger partial charge in [0.15, 0.2) is 0 Å².